The summed E-state index contributed by atoms with van der Waals surface area (Å²) in [4.78, 5) is 25.4. The second-order valence-corrected chi connectivity index (χ2v) is 8.48. The summed E-state index contributed by atoms with van der Waals surface area (Å²) >= 11 is 1.56. The van der Waals surface area contributed by atoms with Gasteiger partial charge in [-0.3, -0.25) is 4.79 Å². The third-order valence-electron chi connectivity index (χ3n) is 4.30. The second kappa shape index (κ2) is 8.15. The summed E-state index contributed by atoms with van der Waals surface area (Å²) in [5.41, 5.74) is 1.53. The topological polar surface area (TPSA) is 112 Å². The van der Waals surface area contributed by atoms with Crippen LogP contribution in [-0.2, 0) is 16.6 Å². The predicted molar refractivity (Wildman–Crippen MR) is 112 cm³/mol. The Morgan fingerprint density at radius 2 is 2.07 bits per heavy atom. The maximum atomic E-state index is 12.6. The number of aromatic nitrogens is 6. The zero-order valence-corrected chi connectivity index (χ0v) is 17.7. The average Bonchev–Trinajstić information content (AvgIpc) is 3.46. The number of amides is 1. The van der Waals surface area contributed by atoms with Crippen LogP contribution in [0.5, 0.6) is 0 Å². The Morgan fingerprint density at radius 1 is 1.27 bits per heavy atom. The van der Waals surface area contributed by atoms with E-state index in [1.54, 1.807) is 34.5 Å². The molecule has 0 atom stereocenters. The van der Waals surface area contributed by atoms with E-state index in [9.17, 15) is 4.79 Å². The van der Waals surface area contributed by atoms with Gasteiger partial charge in [0.1, 0.15) is 5.82 Å². The number of carbonyl (C=O) groups is 1. The fraction of sp³-hybridized carbons (Fsp3) is 0.300. The van der Waals surface area contributed by atoms with Gasteiger partial charge in [-0.15, -0.1) is 0 Å². The summed E-state index contributed by atoms with van der Waals surface area (Å²) < 4.78 is 6.80. The molecule has 9 nitrogen and oxygen atoms in total. The molecule has 4 rings (SSSR count). The first-order valence-corrected chi connectivity index (χ1v) is 10.4. The molecule has 0 spiro atoms. The van der Waals surface area contributed by atoms with Crippen molar-refractivity contribution in [3.63, 3.8) is 0 Å². The molecule has 0 saturated heterocycles. The Kier molecular flexibility index (Phi) is 5.40. The molecule has 4 aromatic heterocycles. The monoisotopic (exact) mass is 423 g/mol. The standard InChI is InChI=1S/C20H21N7O2S/c1-20(2,3)14-11-15(27(25-14)19-21-8-4-9-22-19)23-16(28)5-6-17-24-18(26-29-17)13-7-10-30-12-13/h4,7-12H,5-6H2,1-3H3,(H,23,28). The van der Waals surface area contributed by atoms with Crippen molar-refractivity contribution in [3.8, 4) is 17.3 Å². The lowest BCUT2D eigenvalue weighted by Gasteiger charge is -2.13. The zero-order chi connectivity index (χ0) is 21.1. The Bertz CT molecular complexity index is 1130. The third-order valence-corrected chi connectivity index (χ3v) is 4.98. The van der Waals surface area contributed by atoms with Crippen molar-refractivity contribution in [2.75, 3.05) is 5.32 Å². The van der Waals surface area contributed by atoms with Crippen LogP contribution >= 0.6 is 11.3 Å². The molecule has 10 heteroatoms. The van der Waals surface area contributed by atoms with Crippen molar-refractivity contribution in [1.82, 2.24) is 29.9 Å². The van der Waals surface area contributed by atoms with Gasteiger partial charge in [0.25, 0.3) is 5.95 Å². The van der Waals surface area contributed by atoms with E-state index < -0.39 is 0 Å². The number of carbonyl (C=O) groups excluding carboxylic acids is 1. The highest BCUT2D eigenvalue weighted by Gasteiger charge is 2.22. The molecular formula is C20H21N7O2S. The summed E-state index contributed by atoms with van der Waals surface area (Å²) in [6, 6.07) is 5.49. The zero-order valence-electron chi connectivity index (χ0n) is 16.9. The molecule has 0 bridgehead atoms. The van der Waals surface area contributed by atoms with Gasteiger partial charge in [-0.05, 0) is 17.5 Å². The minimum atomic E-state index is -0.193. The summed E-state index contributed by atoms with van der Waals surface area (Å²) in [6.45, 7) is 6.16. The molecule has 4 aromatic rings. The molecule has 30 heavy (non-hydrogen) atoms. The Labute approximate surface area is 177 Å². The normalized spacial score (nSPS) is 11.6. The Hall–Kier alpha value is -3.40. The summed E-state index contributed by atoms with van der Waals surface area (Å²) in [7, 11) is 0. The SMILES string of the molecule is CC(C)(C)c1cc(NC(=O)CCc2nc(-c3ccsc3)no2)n(-c2ncccn2)n1. The largest absolute Gasteiger partial charge is 0.339 e. The van der Waals surface area contributed by atoms with Crippen LogP contribution < -0.4 is 5.32 Å². The summed E-state index contributed by atoms with van der Waals surface area (Å²) in [6.07, 6.45) is 3.79. The van der Waals surface area contributed by atoms with Gasteiger partial charge >= 0.3 is 0 Å². The van der Waals surface area contributed by atoms with Crippen LogP contribution in [-0.4, -0.2) is 35.8 Å². The van der Waals surface area contributed by atoms with Crippen molar-refractivity contribution in [1.29, 1.82) is 0 Å². The van der Waals surface area contributed by atoms with Crippen LogP contribution in [0.25, 0.3) is 17.3 Å². The quantitative estimate of drug-likeness (QED) is 0.504. The number of aryl methyl sites for hydroxylation is 1. The number of nitrogens with one attached hydrogen (secondary N) is 1. The lowest BCUT2D eigenvalue weighted by atomic mass is 9.92. The fourth-order valence-electron chi connectivity index (χ4n) is 2.68. The van der Waals surface area contributed by atoms with Crippen molar-refractivity contribution in [2.45, 2.75) is 39.0 Å². The van der Waals surface area contributed by atoms with E-state index >= 15 is 0 Å². The lowest BCUT2D eigenvalue weighted by Crippen LogP contribution is -2.16. The van der Waals surface area contributed by atoms with Crippen LogP contribution in [0.15, 0.2) is 45.9 Å². The van der Waals surface area contributed by atoms with E-state index in [1.807, 2.05) is 22.9 Å². The highest BCUT2D eigenvalue weighted by Crippen LogP contribution is 2.25. The van der Waals surface area contributed by atoms with Crippen molar-refractivity contribution in [2.24, 2.45) is 0 Å². The first-order chi connectivity index (χ1) is 14.4. The summed E-state index contributed by atoms with van der Waals surface area (Å²) in [5.74, 6) is 1.66. The highest BCUT2D eigenvalue weighted by molar-refractivity contribution is 7.08. The molecule has 1 N–H and O–H groups in total. The van der Waals surface area contributed by atoms with Gasteiger partial charge in [-0.1, -0.05) is 25.9 Å². The van der Waals surface area contributed by atoms with E-state index in [1.165, 1.54) is 0 Å². The molecule has 4 heterocycles. The maximum absolute atomic E-state index is 12.6. The highest BCUT2D eigenvalue weighted by atomic mass is 32.1. The minimum absolute atomic E-state index is 0.191. The van der Waals surface area contributed by atoms with Gasteiger partial charge in [0.05, 0.1) is 5.69 Å². The first kappa shape index (κ1) is 19.9. The van der Waals surface area contributed by atoms with Gasteiger partial charge in [0, 0.05) is 47.7 Å². The lowest BCUT2D eigenvalue weighted by molar-refractivity contribution is -0.116. The van der Waals surface area contributed by atoms with Crippen LogP contribution in [0.3, 0.4) is 0 Å². The second-order valence-electron chi connectivity index (χ2n) is 7.70. The molecule has 0 aliphatic carbocycles. The van der Waals surface area contributed by atoms with Crippen LogP contribution in [0.1, 0.15) is 38.8 Å². The van der Waals surface area contributed by atoms with Gasteiger partial charge in [-0.2, -0.15) is 26.1 Å². The molecule has 0 radical (unpaired) electrons. The smallest absolute Gasteiger partial charge is 0.252 e. The summed E-state index contributed by atoms with van der Waals surface area (Å²) in [5, 5.41) is 15.3. The predicted octanol–water partition coefficient (Wildman–Crippen LogP) is 3.64. The maximum Gasteiger partial charge on any atom is 0.252 e. The van der Waals surface area contributed by atoms with E-state index in [2.05, 4.69) is 51.3 Å². The number of hydrogen-bond donors (Lipinski definition) is 1. The van der Waals surface area contributed by atoms with Crippen molar-refractivity contribution < 1.29 is 9.32 Å². The number of rotatable bonds is 6. The molecule has 0 fully saturated rings. The number of hydrogen-bond acceptors (Lipinski definition) is 8. The van der Waals surface area contributed by atoms with Gasteiger partial charge in [-0.25, -0.2) is 9.97 Å². The van der Waals surface area contributed by atoms with Crippen LogP contribution in [0, 0.1) is 0 Å². The molecule has 0 saturated carbocycles. The number of thiophene rings is 1. The first-order valence-electron chi connectivity index (χ1n) is 9.43. The number of nitrogens with zero attached hydrogens (tertiary/aromatic N) is 6. The van der Waals surface area contributed by atoms with Crippen molar-refractivity contribution in [3.05, 3.63) is 52.9 Å². The van der Waals surface area contributed by atoms with E-state index in [0.717, 1.165) is 11.3 Å². The molecule has 0 unspecified atom stereocenters. The molecule has 0 aliphatic heterocycles. The molecular weight excluding hydrogens is 402 g/mol. The van der Waals surface area contributed by atoms with E-state index in [0.29, 0.717) is 29.9 Å². The molecule has 0 aromatic carbocycles. The van der Waals surface area contributed by atoms with Crippen LogP contribution in [0.4, 0.5) is 5.82 Å². The molecule has 0 aliphatic rings. The fourth-order valence-corrected chi connectivity index (χ4v) is 3.32. The minimum Gasteiger partial charge on any atom is -0.339 e. The van der Waals surface area contributed by atoms with Crippen molar-refractivity contribution >= 4 is 23.1 Å². The van der Waals surface area contributed by atoms with E-state index in [-0.39, 0.29) is 17.7 Å². The Balaban J connectivity index is 1.47. The average molecular weight is 424 g/mol. The third kappa shape index (κ3) is 4.43. The van der Waals surface area contributed by atoms with Gasteiger partial charge < -0.3 is 9.84 Å². The molecule has 154 valence electrons. The Morgan fingerprint density at radius 3 is 2.77 bits per heavy atom. The van der Waals surface area contributed by atoms with E-state index in [4.69, 9.17) is 4.52 Å². The van der Waals surface area contributed by atoms with Crippen LogP contribution in [0.2, 0.25) is 0 Å². The van der Waals surface area contributed by atoms with Gasteiger partial charge in [0.15, 0.2) is 0 Å². The molecule has 1 amide bonds. The van der Waals surface area contributed by atoms with Gasteiger partial charge in [0.2, 0.25) is 17.6 Å². The number of anilines is 1.